The predicted octanol–water partition coefficient (Wildman–Crippen LogP) is 4.41. The second-order valence-electron chi connectivity index (χ2n) is 4.62. The summed E-state index contributed by atoms with van der Waals surface area (Å²) in [4.78, 5) is 7.58. The molecule has 0 aliphatic heterocycles. The average Bonchev–Trinajstić information content (AvgIpc) is 2.96. The van der Waals surface area contributed by atoms with Gasteiger partial charge < -0.3 is 15.8 Å². The molecule has 0 saturated carbocycles. The molecule has 0 atom stereocenters. The Morgan fingerprint density at radius 1 is 1.44 bits per heavy atom. The van der Waals surface area contributed by atoms with Crippen molar-refractivity contribution in [3.8, 4) is 5.75 Å². The van der Waals surface area contributed by atoms with E-state index in [9.17, 15) is 13.2 Å². The molecule has 0 bridgehead atoms. The van der Waals surface area contributed by atoms with E-state index in [1.54, 1.807) is 18.2 Å². The van der Waals surface area contributed by atoms with E-state index in [2.05, 4.69) is 15.3 Å². The van der Waals surface area contributed by atoms with Crippen molar-refractivity contribution in [2.24, 2.45) is 10.7 Å². The minimum absolute atomic E-state index is 0. The summed E-state index contributed by atoms with van der Waals surface area (Å²) in [6, 6.07) is 5.01. The van der Waals surface area contributed by atoms with Crippen molar-refractivity contribution in [3.63, 3.8) is 0 Å². The lowest BCUT2D eigenvalue weighted by Gasteiger charge is -2.08. The number of anilines is 1. The predicted molar refractivity (Wildman–Crippen MR) is 104 cm³/mol. The number of methoxy groups -OCH3 is 1. The Morgan fingerprint density at radius 2 is 2.16 bits per heavy atom. The molecule has 1 aromatic heterocycles. The van der Waals surface area contributed by atoms with Crippen LogP contribution in [-0.4, -0.2) is 24.6 Å². The summed E-state index contributed by atoms with van der Waals surface area (Å²) in [5.41, 5.74) is 5.47. The quantitative estimate of drug-likeness (QED) is 0.358. The number of guanidine groups is 1. The van der Waals surface area contributed by atoms with Gasteiger partial charge >= 0.3 is 6.18 Å². The van der Waals surface area contributed by atoms with Crippen LogP contribution in [0.1, 0.15) is 10.7 Å². The first kappa shape index (κ1) is 21.8. The van der Waals surface area contributed by atoms with E-state index in [1.807, 2.05) is 0 Å². The van der Waals surface area contributed by atoms with Gasteiger partial charge in [0.05, 0.1) is 17.1 Å². The summed E-state index contributed by atoms with van der Waals surface area (Å²) in [6.07, 6.45) is -4.15. The number of nitrogens with one attached hydrogen (secondary N) is 1. The van der Waals surface area contributed by atoms with E-state index in [0.29, 0.717) is 21.5 Å². The van der Waals surface area contributed by atoms with Crippen LogP contribution >= 0.6 is 46.9 Å². The summed E-state index contributed by atoms with van der Waals surface area (Å²) in [6.45, 7) is 0.216. The number of ether oxygens (including phenoxy) is 1. The Labute approximate surface area is 168 Å². The number of rotatable bonds is 5. The highest BCUT2D eigenvalue weighted by Crippen LogP contribution is 2.30. The zero-order valence-corrected chi connectivity index (χ0v) is 16.8. The molecule has 0 radical (unpaired) electrons. The number of halogens is 5. The first-order valence-electron chi connectivity index (χ1n) is 6.71. The number of thiazole rings is 1. The fraction of sp³-hybridized carbons (Fsp3) is 0.286. The molecule has 0 aliphatic rings. The highest BCUT2D eigenvalue weighted by atomic mass is 127. The van der Waals surface area contributed by atoms with Crippen LogP contribution in [0.5, 0.6) is 5.75 Å². The molecule has 0 spiro atoms. The van der Waals surface area contributed by atoms with Gasteiger partial charge in [-0.3, -0.25) is 4.99 Å². The van der Waals surface area contributed by atoms with Gasteiger partial charge in [0.15, 0.2) is 11.7 Å². The number of nitrogens with zero attached hydrogens (tertiary/aromatic N) is 2. The lowest BCUT2D eigenvalue weighted by molar-refractivity contribution is -0.140. The summed E-state index contributed by atoms with van der Waals surface area (Å²) in [5, 5.41) is 4.59. The van der Waals surface area contributed by atoms with Crippen molar-refractivity contribution in [3.05, 3.63) is 39.3 Å². The molecule has 1 aromatic carbocycles. The van der Waals surface area contributed by atoms with Crippen molar-refractivity contribution in [1.29, 1.82) is 0 Å². The van der Waals surface area contributed by atoms with Gasteiger partial charge in [0.25, 0.3) is 0 Å². The van der Waals surface area contributed by atoms with Crippen LogP contribution in [0.2, 0.25) is 5.02 Å². The molecule has 25 heavy (non-hydrogen) atoms. The zero-order valence-electron chi connectivity index (χ0n) is 12.9. The normalized spacial score (nSPS) is 11.8. The van der Waals surface area contributed by atoms with E-state index < -0.39 is 11.9 Å². The maximum Gasteiger partial charge on any atom is 0.434 e. The Hall–Kier alpha value is -1.27. The zero-order chi connectivity index (χ0) is 17.7. The SMILES string of the molecule is COc1ccc(NC(N)=NCCc2nc(C(F)(F)F)cs2)cc1Cl.I. The van der Waals surface area contributed by atoms with Gasteiger partial charge in [0, 0.05) is 24.0 Å². The smallest absolute Gasteiger partial charge is 0.434 e. The molecule has 0 aliphatic carbocycles. The molecule has 0 saturated heterocycles. The van der Waals surface area contributed by atoms with Crippen LogP contribution in [0.25, 0.3) is 0 Å². The van der Waals surface area contributed by atoms with Crippen LogP contribution < -0.4 is 15.8 Å². The van der Waals surface area contributed by atoms with Crippen LogP contribution in [0, 0.1) is 0 Å². The summed E-state index contributed by atoms with van der Waals surface area (Å²) in [7, 11) is 1.51. The highest BCUT2D eigenvalue weighted by Gasteiger charge is 2.33. The molecular weight excluding hydrogens is 492 g/mol. The van der Waals surface area contributed by atoms with E-state index >= 15 is 0 Å². The van der Waals surface area contributed by atoms with Crippen molar-refractivity contribution >= 4 is 58.6 Å². The number of hydrogen-bond acceptors (Lipinski definition) is 4. The number of aliphatic imine (C=N–C) groups is 1. The Bertz CT molecular complexity index is 739. The topological polar surface area (TPSA) is 72.5 Å². The first-order chi connectivity index (χ1) is 11.3. The first-order valence-corrected chi connectivity index (χ1v) is 7.97. The molecule has 0 unspecified atom stereocenters. The number of hydrogen-bond donors (Lipinski definition) is 2. The van der Waals surface area contributed by atoms with Crippen molar-refractivity contribution in [2.45, 2.75) is 12.6 Å². The molecule has 3 N–H and O–H groups in total. The largest absolute Gasteiger partial charge is 0.495 e. The molecule has 2 rings (SSSR count). The minimum Gasteiger partial charge on any atom is -0.495 e. The van der Waals surface area contributed by atoms with Crippen LogP contribution in [-0.2, 0) is 12.6 Å². The molecule has 0 fully saturated rings. The van der Waals surface area contributed by atoms with Crippen molar-refractivity contribution < 1.29 is 17.9 Å². The summed E-state index contributed by atoms with van der Waals surface area (Å²) < 4.78 is 42.4. The van der Waals surface area contributed by atoms with Gasteiger partial charge in [-0.2, -0.15) is 13.2 Å². The second kappa shape index (κ2) is 9.43. The fourth-order valence-corrected chi connectivity index (χ4v) is 2.81. The lowest BCUT2D eigenvalue weighted by Crippen LogP contribution is -2.23. The standard InChI is InChI=1S/C14H14ClF3N4OS.HI/c1-23-10-3-2-8(6-9(10)15)21-13(19)20-5-4-12-22-11(7-24-12)14(16,17)18;/h2-3,6-7H,4-5H2,1H3,(H3,19,20,21);1H. The molecule has 0 amide bonds. The van der Waals surface area contributed by atoms with Gasteiger partial charge in [-0.05, 0) is 18.2 Å². The molecule has 1 heterocycles. The summed E-state index contributed by atoms with van der Waals surface area (Å²) in [5.74, 6) is 0.658. The van der Waals surface area contributed by atoms with Crippen LogP contribution in [0.15, 0.2) is 28.6 Å². The third kappa shape index (κ3) is 6.51. The molecular formula is C14H15ClF3IN4OS. The van der Waals surface area contributed by atoms with Gasteiger partial charge in [-0.25, -0.2) is 4.98 Å². The molecule has 5 nitrogen and oxygen atoms in total. The van der Waals surface area contributed by atoms with E-state index in [1.165, 1.54) is 7.11 Å². The van der Waals surface area contributed by atoms with Crippen molar-refractivity contribution in [1.82, 2.24) is 4.98 Å². The number of aromatic nitrogens is 1. The van der Waals surface area contributed by atoms with Gasteiger partial charge in [0.1, 0.15) is 5.75 Å². The van der Waals surface area contributed by atoms with E-state index in [-0.39, 0.29) is 42.9 Å². The molecule has 138 valence electrons. The fourth-order valence-electron chi connectivity index (χ4n) is 1.76. The lowest BCUT2D eigenvalue weighted by atomic mass is 10.3. The van der Waals surface area contributed by atoms with Crippen LogP contribution in [0.3, 0.4) is 0 Å². The third-order valence-corrected chi connectivity index (χ3v) is 4.08. The highest BCUT2D eigenvalue weighted by molar-refractivity contribution is 14.0. The Morgan fingerprint density at radius 3 is 2.72 bits per heavy atom. The molecule has 11 heteroatoms. The van der Waals surface area contributed by atoms with Gasteiger partial charge in [0.2, 0.25) is 0 Å². The average molecular weight is 507 g/mol. The monoisotopic (exact) mass is 506 g/mol. The van der Waals surface area contributed by atoms with Gasteiger partial charge in [-0.1, -0.05) is 11.6 Å². The second-order valence-corrected chi connectivity index (χ2v) is 5.97. The minimum atomic E-state index is -4.42. The van der Waals surface area contributed by atoms with Crippen molar-refractivity contribution in [2.75, 3.05) is 19.0 Å². The third-order valence-electron chi connectivity index (χ3n) is 2.87. The Kier molecular flexibility index (Phi) is 8.22. The van der Waals surface area contributed by atoms with E-state index in [4.69, 9.17) is 22.1 Å². The Balaban J connectivity index is 0.00000312. The van der Waals surface area contributed by atoms with Gasteiger partial charge in [-0.15, -0.1) is 35.3 Å². The number of alkyl halides is 3. The van der Waals surface area contributed by atoms with Crippen LogP contribution in [0.4, 0.5) is 18.9 Å². The molecule has 2 aromatic rings. The number of benzene rings is 1. The number of nitrogens with two attached hydrogens (primary N) is 1. The maximum absolute atomic E-state index is 12.4. The summed E-state index contributed by atoms with van der Waals surface area (Å²) >= 11 is 6.94. The maximum atomic E-state index is 12.4. The van der Waals surface area contributed by atoms with E-state index in [0.717, 1.165) is 16.7 Å².